The molecule has 52 valence electrons. The van der Waals surface area contributed by atoms with Crippen LogP contribution in [0.5, 0.6) is 0 Å². The number of hydrogen-bond donors (Lipinski definition) is 1. The topological polar surface area (TPSA) is 54.5 Å². The van der Waals surface area contributed by atoms with Crippen LogP contribution in [0.15, 0.2) is 29.5 Å². The third-order valence-corrected chi connectivity index (χ3v) is 1.12. The molecule has 2 rings (SSSR count). The van der Waals surface area contributed by atoms with Gasteiger partial charge in [-0.15, -0.1) is 21.5 Å². The van der Waals surface area contributed by atoms with Crippen molar-refractivity contribution in [2.45, 2.75) is 0 Å². The number of nitrogens with one attached hydrogen (secondary N) is 1. The molecule has 0 aliphatic heterocycles. The average Bonchev–Trinajstić information content (AvgIpc) is 2.67. The van der Waals surface area contributed by atoms with Crippen molar-refractivity contribution in [3.05, 3.63) is 29.5 Å². The zero-order valence-electron chi connectivity index (χ0n) is 5.14. The predicted molar refractivity (Wildman–Crippen MR) is 38.5 cm³/mol. The summed E-state index contributed by atoms with van der Waals surface area (Å²) in [7, 11) is 0. The Morgan fingerprint density at radius 2 is 2.00 bits per heavy atom. The van der Waals surface area contributed by atoms with Crippen molar-refractivity contribution in [1.29, 1.82) is 0 Å². The van der Waals surface area contributed by atoms with Gasteiger partial charge >= 0.3 is 0 Å². The van der Waals surface area contributed by atoms with Crippen molar-refractivity contribution in [3.63, 3.8) is 0 Å². The molecule has 0 unspecified atom stereocenters. The van der Waals surface area contributed by atoms with Gasteiger partial charge in [0.15, 0.2) is 0 Å². The maximum Gasteiger partial charge on any atom is 0.103 e. The van der Waals surface area contributed by atoms with Crippen LogP contribution in [0.2, 0.25) is 0 Å². The highest BCUT2D eigenvalue weighted by molar-refractivity contribution is 7.07. The SMILES string of the molecule is c1cn[nH]c1.c1nncs1. The Kier molecular flexibility index (Phi) is 3.19. The minimum absolute atomic E-state index is 1.49. The van der Waals surface area contributed by atoms with Crippen molar-refractivity contribution < 1.29 is 0 Å². The van der Waals surface area contributed by atoms with E-state index in [0.717, 1.165) is 0 Å². The van der Waals surface area contributed by atoms with Crippen LogP contribution in [0.4, 0.5) is 0 Å². The molecule has 0 amide bonds. The molecule has 10 heavy (non-hydrogen) atoms. The van der Waals surface area contributed by atoms with Crippen LogP contribution in [0, 0.1) is 0 Å². The van der Waals surface area contributed by atoms with Crippen LogP contribution < -0.4 is 0 Å². The first-order chi connectivity index (χ1) is 5.00. The summed E-state index contributed by atoms with van der Waals surface area (Å²) >= 11 is 1.49. The van der Waals surface area contributed by atoms with E-state index in [2.05, 4.69) is 20.4 Å². The van der Waals surface area contributed by atoms with Crippen molar-refractivity contribution in [2.24, 2.45) is 0 Å². The fourth-order valence-corrected chi connectivity index (χ4v) is 0.623. The normalized spacial score (nSPS) is 8.00. The van der Waals surface area contributed by atoms with Gasteiger partial charge in [-0.25, -0.2) is 0 Å². The molecule has 0 bridgehead atoms. The lowest BCUT2D eigenvalue weighted by molar-refractivity contribution is 1.09. The molecular formula is C5H6N4S. The van der Waals surface area contributed by atoms with Gasteiger partial charge in [0.05, 0.1) is 0 Å². The van der Waals surface area contributed by atoms with Gasteiger partial charge in [0, 0.05) is 12.4 Å². The summed E-state index contributed by atoms with van der Waals surface area (Å²) in [6.07, 6.45) is 3.46. The van der Waals surface area contributed by atoms with Crippen molar-refractivity contribution in [1.82, 2.24) is 20.4 Å². The van der Waals surface area contributed by atoms with E-state index >= 15 is 0 Å². The first-order valence-electron chi connectivity index (χ1n) is 2.62. The van der Waals surface area contributed by atoms with Gasteiger partial charge in [-0.05, 0) is 6.07 Å². The van der Waals surface area contributed by atoms with Crippen LogP contribution in [0.1, 0.15) is 0 Å². The smallest absolute Gasteiger partial charge is 0.103 e. The maximum atomic E-state index is 3.60. The summed E-state index contributed by atoms with van der Waals surface area (Å²) in [4.78, 5) is 0. The van der Waals surface area contributed by atoms with E-state index in [4.69, 9.17) is 0 Å². The lowest BCUT2D eigenvalue weighted by Gasteiger charge is -1.49. The number of hydrogen-bond acceptors (Lipinski definition) is 4. The average molecular weight is 154 g/mol. The number of rotatable bonds is 0. The van der Waals surface area contributed by atoms with Crippen LogP contribution >= 0.6 is 11.3 Å². The second-order valence-corrected chi connectivity index (χ2v) is 2.04. The van der Waals surface area contributed by atoms with Gasteiger partial charge in [-0.2, -0.15) is 5.10 Å². The zero-order valence-corrected chi connectivity index (χ0v) is 5.95. The molecule has 4 nitrogen and oxygen atoms in total. The molecule has 0 radical (unpaired) electrons. The summed E-state index contributed by atoms with van der Waals surface area (Å²) in [5.41, 5.74) is 3.36. The molecule has 0 fully saturated rings. The molecule has 0 aromatic carbocycles. The summed E-state index contributed by atoms with van der Waals surface area (Å²) in [6, 6.07) is 1.83. The molecule has 0 aliphatic rings. The van der Waals surface area contributed by atoms with E-state index in [9.17, 15) is 0 Å². The van der Waals surface area contributed by atoms with Crippen LogP contribution in [-0.2, 0) is 0 Å². The molecule has 5 heteroatoms. The number of aromatic nitrogens is 4. The second-order valence-electron chi connectivity index (χ2n) is 1.34. The van der Waals surface area contributed by atoms with Gasteiger partial charge in [0.2, 0.25) is 0 Å². The molecule has 2 aromatic rings. The Morgan fingerprint density at radius 3 is 2.20 bits per heavy atom. The highest BCUT2D eigenvalue weighted by atomic mass is 32.1. The quantitative estimate of drug-likeness (QED) is 0.614. The minimum atomic E-state index is 1.49. The molecule has 0 spiro atoms. The lowest BCUT2D eigenvalue weighted by atomic mass is 10.8. The van der Waals surface area contributed by atoms with Crippen molar-refractivity contribution in [2.75, 3.05) is 0 Å². The van der Waals surface area contributed by atoms with Crippen LogP contribution in [0.3, 0.4) is 0 Å². The molecule has 0 saturated carbocycles. The largest absolute Gasteiger partial charge is 0.286 e. The molecule has 2 aromatic heterocycles. The van der Waals surface area contributed by atoms with Gasteiger partial charge in [-0.3, -0.25) is 5.10 Å². The number of H-pyrrole nitrogens is 1. The van der Waals surface area contributed by atoms with E-state index in [1.807, 2.05) is 6.07 Å². The zero-order chi connectivity index (χ0) is 7.07. The fourth-order valence-electron chi connectivity index (χ4n) is 0.351. The Labute approximate surface area is 61.9 Å². The van der Waals surface area contributed by atoms with E-state index < -0.39 is 0 Å². The first kappa shape index (κ1) is 6.88. The van der Waals surface area contributed by atoms with Crippen LogP contribution in [0.25, 0.3) is 0 Å². The maximum absolute atomic E-state index is 3.60. The summed E-state index contributed by atoms with van der Waals surface area (Å²) in [6.45, 7) is 0. The second kappa shape index (κ2) is 4.63. The Bertz CT molecular complexity index is 153. The third kappa shape index (κ3) is 2.93. The van der Waals surface area contributed by atoms with E-state index in [1.165, 1.54) is 11.3 Å². The molecule has 1 N–H and O–H groups in total. The first-order valence-corrected chi connectivity index (χ1v) is 3.57. The standard InChI is InChI=1S/C3H4N2.C2H2N2S/c1-2-4-5-3-1;1-3-4-2-5-1/h1-3H,(H,4,5);1-2H. The fraction of sp³-hybridized carbons (Fsp3) is 0. The Hall–Kier alpha value is -1.23. The molecule has 2 heterocycles. The summed E-state index contributed by atoms with van der Waals surface area (Å²) in [5, 5.41) is 13.2. The van der Waals surface area contributed by atoms with Gasteiger partial charge < -0.3 is 0 Å². The highest BCUT2D eigenvalue weighted by Gasteiger charge is 1.60. The van der Waals surface area contributed by atoms with Gasteiger partial charge in [0.1, 0.15) is 11.0 Å². The molecular weight excluding hydrogens is 148 g/mol. The Balaban J connectivity index is 0.0000001000. The molecule has 0 atom stereocenters. The van der Waals surface area contributed by atoms with E-state index in [0.29, 0.717) is 0 Å². The van der Waals surface area contributed by atoms with Crippen molar-refractivity contribution in [3.8, 4) is 0 Å². The van der Waals surface area contributed by atoms with E-state index in [1.54, 1.807) is 23.4 Å². The Morgan fingerprint density at radius 1 is 1.20 bits per heavy atom. The van der Waals surface area contributed by atoms with Crippen LogP contribution in [-0.4, -0.2) is 20.4 Å². The van der Waals surface area contributed by atoms with Crippen molar-refractivity contribution >= 4 is 11.3 Å². The lowest BCUT2D eigenvalue weighted by Crippen LogP contribution is -1.53. The monoisotopic (exact) mass is 154 g/mol. The summed E-state index contributed by atoms with van der Waals surface area (Å²) in [5.74, 6) is 0. The minimum Gasteiger partial charge on any atom is -0.286 e. The van der Waals surface area contributed by atoms with Gasteiger partial charge in [0.25, 0.3) is 0 Å². The highest BCUT2D eigenvalue weighted by Crippen LogP contribution is 1.80. The molecule has 0 saturated heterocycles. The van der Waals surface area contributed by atoms with Gasteiger partial charge in [-0.1, -0.05) is 0 Å². The van der Waals surface area contributed by atoms with E-state index in [-0.39, 0.29) is 0 Å². The molecule has 0 aliphatic carbocycles. The number of nitrogens with zero attached hydrogens (tertiary/aromatic N) is 3. The summed E-state index contributed by atoms with van der Waals surface area (Å²) < 4.78 is 0. The number of aromatic amines is 1. The predicted octanol–water partition coefficient (Wildman–Crippen LogP) is 0.948. The third-order valence-electron chi connectivity index (χ3n) is 0.689.